The van der Waals surface area contributed by atoms with Crippen LogP contribution in [0, 0.1) is 0 Å². The third-order valence-corrected chi connectivity index (χ3v) is 3.88. The van der Waals surface area contributed by atoms with Gasteiger partial charge in [-0.3, -0.25) is 0 Å². The normalized spacial score (nSPS) is 11.0. The minimum atomic E-state index is 0.808. The Morgan fingerprint density at radius 3 is 2.77 bits per heavy atom. The van der Waals surface area contributed by atoms with E-state index in [4.69, 9.17) is 9.15 Å². The number of furan rings is 1. The Labute approximate surface area is 130 Å². The van der Waals surface area contributed by atoms with E-state index >= 15 is 0 Å². The molecule has 0 atom stereocenters. The lowest BCUT2D eigenvalue weighted by Gasteiger charge is -2.13. The van der Waals surface area contributed by atoms with E-state index in [1.807, 2.05) is 18.2 Å². The molecular weight excluding hydrogens is 274 g/mol. The smallest absolute Gasteiger partial charge is 0.123 e. The topological polar surface area (TPSA) is 34.4 Å². The Balaban J connectivity index is 1.62. The summed E-state index contributed by atoms with van der Waals surface area (Å²) < 4.78 is 10.9. The van der Waals surface area contributed by atoms with Crippen LogP contribution in [-0.4, -0.2) is 13.7 Å². The van der Waals surface area contributed by atoms with Gasteiger partial charge in [-0.15, -0.1) is 0 Å². The van der Waals surface area contributed by atoms with Gasteiger partial charge in [-0.05, 0) is 41.9 Å². The first kappa shape index (κ1) is 14.7. The van der Waals surface area contributed by atoms with E-state index in [1.54, 1.807) is 13.4 Å². The van der Waals surface area contributed by atoms with Gasteiger partial charge in [-0.1, -0.05) is 30.3 Å². The van der Waals surface area contributed by atoms with Crippen LogP contribution in [0.3, 0.4) is 0 Å². The lowest BCUT2D eigenvalue weighted by molar-refractivity contribution is 0.408. The summed E-state index contributed by atoms with van der Waals surface area (Å²) in [4.78, 5) is 0. The molecule has 1 aromatic heterocycles. The lowest BCUT2D eigenvalue weighted by Crippen LogP contribution is -2.16. The monoisotopic (exact) mass is 295 g/mol. The van der Waals surface area contributed by atoms with Crippen LogP contribution in [0.2, 0.25) is 0 Å². The predicted molar refractivity (Wildman–Crippen MR) is 89.2 cm³/mol. The van der Waals surface area contributed by atoms with Gasteiger partial charge >= 0.3 is 0 Å². The molecule has 0 amide bonds. The van der Waals surface area contributed by atoms with E-state index in [-0.39, 0.29) is 0 Å². The number of nitrogens with one attached hydrogen (secondary N) is 1. The molecule has 0 unspecified atom stereocenters. The summed E-state index contributed by atoms with van der Waals surface area (Å²) in [5.41, 5.74) is 1.22. The number of hydrogen-bond acceptors (Lipinski definition) is 3. The molecule has 0 aliphatic heterocycles. The van der Waals surface area contributed by atoms with Crippen molar-refractivity contribution >= 4 is 10.8 Å². The highest BCUT2D eigenvalue weighted by molar-refractivity contribution is 5.87. The van der Waals surface area contributed by atoms with E-state index in [2.05, 4.69) is 35.6 Å². The van der Waals surface area contributed by atoms with Gasteiger partial charge in [-0.2, -0.15) is 0 Å². The molecule has 114 valence electrons. The fraction of sp³-hybridized carbons (Fsp3) is 0.263. The molecule has 0 radical (unpaired) electrons. The van der Waals surface area contributed by atoms with Crippen molar-refractivity contribution in [3.63, 3.8) is 0 Å². The molecule has 0 saturated heterocycles. The van der Waals surface area contributed by atoms with Crippen LogP contribution >= 0.6 is 0 Å². The van der Waals surface area contributed by atoms with Crippen LogP contribution in [-0.2, 0) is 13.0 Å². The average molecular weight is 295 g/mol. The molecule has 2 aromatic carbocycles. The second-order valence-corrected chi connectivity index (χ2v) is 5.33. The van der Waals surface area contributed by atoms with Crippen LogP contribution in [0.15, 0.2) is 59.2 Å². The predicted octanol–water partition coefficient (Wildman–Crippen LogP) is 4.16. The van der Waals surface area contributed by atoms with Gasteiger partial charge in [0.15, 0.2) is 0 Å². The highest BCUT2D eigenvalue weighted by atomic mass is 16.5. The van der Waals surface area contributed by atoms with Gasteiger partial charge in [-0.25, -0.2) is 0 Å². The molecule has 0 aliphatic carbocycles. The Kier molecular flexibility index (Phi) is 4.76. The third kappa shape index (κ3) is 3.31. The molecule has 22 heavy (non-hydrogen) atoms. The van der Waals surface area contributed by atoms with Crippen molar-refractivity contribution in [3.05, 3.63) is 66.1 Å². The molecule has 3 nitrogen and oxygen atoms in total. The molecule has 0 fully saturated rings. The minimum absolute atomic E-state index is 0.808. The molecule has 1 N–H and O–H groups in total. The maximum Gasteiger partial charge on any atom is 0.123 e. The highest BCUT2D eigenvalue weighted by Gasteiger charge is 2.07. The molecule has 3 heteroatoms. The standard InChI is InChI=1S/C19H21NO2/c1-21-19-11-10-15-6-2-3-9-17(15)18(19)14-20-12-4-7-16-8-5-13-22-16/h2-3,5-6,8-11,13,20H,4,7,12,14H2,1H3. The van der Waals surface area contributed by atoms with E-state index in [0.717, 1.165) is 37.4 Å². The zero-order valence-corrected chi connectivity index (χ0v) is 12.8. The van der Waals surface area contributed by atoms with Crippen LogP contribution in [0.1, 0.15) is 17.7 Å². The van der Waals surface area contributed by atoms with Crippen molar-refractivity contribution in [2.45, 2.75) is 19.4 Å². The summed E-state index contributed by atoms with van der Waals surface area (Å²) in [7, 11) is 1.73. The Morgan fingerprint density at radius 2 is 1.95 bits per heavy atom. The van der Waals surface area contributed by atoms with Gasteiger partial charge in [0.2, 0.25) is 0 Å². The molecule has 0 aliphatic rings. The van der Waals surface area contributed by atoms with Gasteiger partial charge in [0.25, 0.3) is 0 Å². The van der Waals surface area contributed by atoms with Gasteiger partial charge < -0.3 is 14.5 Å². The second-order valence-electron chi connectivity index (χ2n) is 5.33. The Morgan fingerprint density at radius 1 is 1.05 bits per heavy atom. The fourth-order valence-corrected chi connectivity index (χ4v) is 2.75. The zero-order chi connectivity index (χ0) is 15.2. The summed E-state index contributed by atoms with van der Waals surface area (Å²) in [6.07, 6.45) is 3.75. The van der Waals surface area contributed by atoms with E-state index in [0.29, 0.717) is 0 Å². The van der Waals surface area contributed by atoms with E-state index in [9.17, 15) is 0 Å². The lowest BCUT2D eigenvalue weighted by atomic mass is 10.0. The van der Waals surface area contributed by atoms with Gasteiger partial charge in [0.1, 0.15) is 11.5 Å². The average Bonchev–Trinajstić information content (AvgIpc) is 3.08. The van der Waals surface area contributed by atoms with Gasteiger partial charge in [0, 0.05) is 18.5 Å². The van der Waals surface area contributed by atoms with Gasteiger partial charge in [0.05, 0.1) is 13.4 Å². The number of rotatable bonds is 7. The van der Waals surface area contributed by atoms with E-state index in [1.165, 1.54) is 16.3 Å². The second kappa shape index (κ2) is 7.14. The molecule has 3 rings (SSSR count). The summed E-state index contributed by atoms with van der Waals surface area (Å²) >= 11 is 0. The number of methoxy groups -OCH3 is 1. The number of aryl methyl sites for hydroxylation is 1. The highest BCUT2D eigenvalue weighted by Crippen LogP contribution is 2.27. The molecule has 0 saturated carbocycles. The molecular formula is C19H21NO2. The molecule has 1 heterocycles. The quantitative estimate of drug-likeness (QED) is 0.664. The van der Waals surface area contributed by atoms with Crippen LogP contribution in [0.4, 0.5) is 0 Å². The molecule has 3 aromatic rings. The molecule has 0 spiro atoms. The third-order valence-electron chi connectivity index (χ3n) is 3.88. The maximum atomic E-state index is 5.51. The number of benzene rings is 2. The number of ether oxygens (including phenoxy) is 1. The van der Waals surface area contributed by atoms with Crippen molar-refractivity contribution in [3.8, 4) is 5.75 Å². The first-order valence-electron chi connectivity index (χ1n) is 7.66. The van der Waals surface area contributed by atoms with Crippen LogP contribution in [0.5, 0.6) is 5.75 Å². The fourth-order valence-electron chi connectivity index (χ4n) is 2.75. The first-order chi connectivity index (χ1) is 10.9. The summed E-state index contributed by atoms with van der Waals surface area (Å²) in [6.45, 7) is 1.76. The van der Waals surface area contributed by atoms with Crippen LogP contribution in [0.25, 0.3) is 10.8 Å². The van der Waals surface area contributed by atoms with E-state index < -0.39 is 0 Å². The SMILES string of the molecule is COc1ccc2ccccc2c1CNCCCc1ccco1. The zero-order valence-electron chi connectivity index (χ0n) is 12.8. The Bertz CT molecular complexity index is 719. The van der Waals surface area contributed by atoms with Crippen molar-refractivity contribution in [1.82, 2.24) is 5.32 Å². The van der Waals surface area contributed by atoms with Crippen molar-refractivity contribution in [2.24, 2.45) is 0 Å². The molecule has 0 bridgehead atoms. The summed E-state index contributed by atoms with van der Waals surface area (Å²) in [6, 6.07) is 16.5. The first-order valence-corrected chi connectivity index (χ1v) is 7.66. The summed E-state index contributed by atoms with van der Waals surface area (Å²) in [5.74, 6) is 1.99. The van der Waals surface area contributed by atoms with Crippen molar-refractivity contribution in [1.29, 1.82) is 0 Å². The largest absolute Gasteiger partial charge is 0.496 e. The van der Waals surface area contributed by atoms with Crippen LogP contribution < -0.4 is 10.1 Å². The number of fused-ring (bicyclic) bond motifs is 1. The maximum absolute atomic E-state index is 5.51. The van der Waals surface area contributed by atoms with Crippen molar-refractivity contribution < 1.29 is 9.15 Å². The Hall–Kier alpha value is -2.26. The minimum Gasteiger partial charge on any atom is -0.496 e. The number of hydrogen-bond donors (Lipinski definition) is 1. The summed E-state index contributed by atoms with van der Waals surface area (Å²) in [5, 5.41) is 6.01. The van der Waals surface area contributed by atoms with Crippen molar-refractivity contribution in [2.75, 3.05) is 13.7 Å².